The first-order valence-electron chi connectivity index (χ1n) is 3.74. The highest BCUT2D eigenvalue weighted by atomic mass is 35.5. The summed E-state index contributed by atoms with van der Waals surface area (Å²) in [6.45, 7) is 0. The zero-order valence-corrected chi connectivity index (χ0v) is 10.5. The Labute approximate surface area is 111 Å². The summed E-state index contributed by atoms with van der Waals surface area (Å²) in [6, 6.07) is 0.870. The summed E-state index contributed by atoms with van der Waals surface area (Å²) >= 11 is 5.36. The average Bonchev–Trinajstić information content (AvgIpc) is 2.14. The predicted octanol–water partition coefficient (Wildman–Crippen LogP) is 1.82. The maximum absolute atomic E-state index is 10.8. The summed E-state index contributed by atoms with van der Waals surface area (Å²) in [5.41, 5.74) is -1.96. The zero-order chi connectivity index (χ0) is 13.4. The SMILES string of the molecule is Cl.O=[N+]([O-])c1cc(S(=O)(=O)O)cc([N+](=O)[O-])c1Cl. The van der Waals surface area contributed by atoms with Gasteiger partial charge in [0.05, 0.1) is 9.85 Å². The van der Waals surface area contributed by atoms with E-state index >= 15 is 0 Å². The number of hydrogen-bond acceptors (Lipinski definition) is 6. The van der Waals surface area contributed by atoms with Crippen molar-refractivity contribution in [2.75, 3.05) is 0 Å². The quantitative estimate of drug-likeness (QED) is 0.509. The molecule has 9 nitrogen and oxygen atoms in total. The molecule has 12 heteroatoms. The van der Waals surface area contributed by atoms with E-state index in [9.17, 15) is 28.6 Å². The third-order valence-electron chi connectivity index (χ3n) is 1.70. The number of nitro benzene ring substituents is 2. The van der Waals surface area contributed by atoms with Gasteiger partial charge in [0, 0.05) is 12.1 Å². The van der Waals surface area contributed by atoms with E-state index in [4.69, 9.17) is 16.2 Å². The molecule has 0 radical (unpaired) electrons. The molecule has 100 valence electrons. The first kappa shape index (κ1) is 16.5. The minimum Gasteiger partial charge on any atom is -0.282 e. The normalized spacial score (nSPS) is 10.6. The van der Waals surface area contributed by atoms with Crippen LogP contribution in [0.2, 0.25) is 5.02 Å². The molecule has 1 aromatic carbocycles. The van der Waals surface area contributed by atoms with Gasteiger partial charge in [0.2, 0.25) is 0 Å². The van der Waals surface area contributed by atoms with Crippen molar-refractivity contribution in [2.24, 2.45) is 0 Å². The molecule has 0 spiro atoms. The smallest absolute Gasteiger partial charge is 0.282 e. The molecular formula is C6H4Cl2N2O7S. The Morgan fingerprint density at radius 2 is 1.44 bits per heavy atom. The summed E-state index contributed by atoms with van der Waals surface area (Å²) in [7, 11) is -4.80. The van der Waals surface area contributed by atoms with Crippen LogP contribution in [0.4, 0.5) is 11.4 Å². The first-order valence-corrected chi connectivity index (χ1v) is 5.56. The Kier molecular flexibility index (Phi) is 4.99. The second-order valence-electron chi connectivity index (χ2n) is 2.76. The fourth-order valence-electron chi connectivity index (χ4n) is 0.984. The van der Waals surface area contributed by atoms with Crippen molar-refractivity contribution in [1.29, 1.82) is 0 Å². The van der Waals surface area contributed by atoms with Crippen LogP contribution >= 0.6 is 24.0 Å². The highest BCUT2D eigenvalue weighted by Crippen LogP contribution is 2.36. The van der Waals surface area contributed by atoms with Crippen LogP contribution in [0, 0.1) is 20.2 Å². The Bertz CT molecular complexity index is 579. The average molecular weight is 319 g/mol. The largest absolute Gasteiger partial charge is 0.296 e. The van der Waals surface area contributed by atoms with Crippen LogP contribution in [-0.4, -0.2) is 22.8 Å². The fraction of sp³-hybridized carbons (Fsp3) is 0. The van der Waals surface area contributed by atoms with Crippen LogP contribution in [-0.2, 0) is 10.1 Å². The molecule has 0 aliphatic heterocycles. The van der Waals surface area contributed by atoms with Crippen molar-refractivity contribution in [3.8, 4) is 0 Å². The lowest BCUT2D eigenvalue weighted by Gasteiger charge is -2.00. The van der Waals surface area contributed by atoms with Gasteiger partial charge in [-0.3, -0.25) is 24.8 Å². The van der Waals surface area contributed by atoms with Crippen LogP contribution in [0.15, 0.2) is 17.0 Å². The summed E-state index contributed by atoms with van der Waals surface area (Å²) < 4.78 is 30.2. The number of hydrogen-bond donors (Lipinski definition) is 1. The monoisotopic (exact) mass is 318 g/mol. The van der Waals surface area contributed by atoms with Gasteiger partial charge in [-0.05, 0) is 0 Å². The van der Waals surface area contributed by atoms with Crippen LogP contribution in [0.3, 0.4) is 0 Å². The zero-order valence-electron chi connectivity index (χ0n) is 8.14. The lowest BCUT2D eigenvalue weighted by atomic mass is 10.3. The van der Waals surface area contributed by atoms with Gasteiger partial charge in [-0.15, -0.1) is 12.4 Å². The molecule has 1 rings (SSSR count). The number of nitro groups is 2. The van der Waals surface area contributed by atoms with E-state index in [1.54, 1.807) is 0 Å². The van der Waals surface area contributed by atoms with Crippen LogP contribution in [0.1, 0.15) is 0 Å². The highest BCUT2D eigenvalue weighted by molar-refractivity contribution is 7.85. The molecule has 0 amide bonds. The highest BCUT2D eigenvalue weighted by Gasteiger charge is 2.28. The number of benzene rings is 1. The third-order valence-corrected chi connectivity index (χ3v) is 2.92. The van der Waals surface area contributed by atoms with Crippen LogP contribution < -0.4 is 0 Å². The standard InChI is InChI=1S/C6H3ClN2O7S.ClH/c7-6-4(8(10)11)1-3(17(14,15)16)2-5(6)9(12)13;/h1-2H,(H,14,15,16);1H. The van der Waals surface area contributed by atoms with E-state index in [2.05, 4.69) is 0 Å². The van der Waals surface area contributed by atoms with Crippen molar-refractivity contribution in [2.45, 2.75) is 4.90 Å². The van der Waals surface area contributed by atoms with E-state index < -0.39 is 41.3 Å². The summed E-state index contributed by atoms with van der Waals surface area (Å²) in [6.07, 6.45) is 0. The van der Waals surface area contributed by atoms with Crippen molar-refractivity contribution < 1.29 is 22.8 Å². The van der Waals surface area contributed by atoms with E-state index in [0.29, 0.717) is 12.1 Å². The van der Waals surface area contributed by atoms with Gasteiger partial charge in [-0.2, -0.15) is 8.42 Å². The Morgan fingerprint density at radius 1 is 1.11 bits per heavy atom. The van der Waals surface area contributed by atoms with E-state index in [1.165, 1.54) is 0 Å². The second-order valence-corrected chi connectivity index (χ2v) is 4.56. The third kappa shape index (κ3) is 3.26. The molecule has 0 aromatic heterocycles. The van der Waals surface area contributed by atoms with E-state index in [0.717, 1.165) is 0 Å². The molecule has 0 aliphatic rings. The molecule has 0 heterocycles. The minimum atomic E-state index is -4.80. The summed E-state index contributed by atoms with van der Waals surface area (Å²) in [4.78, 5) is 17.8. The maximum atomic E-state index is 10.8. The van der Waals surface area contributed by atoms with Crippen LogP contribution in [0.25, 0.3) is 0 Å². The van der Waals surface area contributed by atoms with E-state index in [-0.39, 0.29) is 12.4 Å². The topological polar surface area (TPSA) is 141 Å². The summed E-state index contributed by atoms with van der Waals surface area (Å²) in [5, 5.41) is 20.2. The van der Waals surface area contributed by atoms with E-state index in [1.807, 2.05) is 0 Å². The van der Waals surface area contributed by atoms with Crippen molar-refractivity contribution in [3.05, 3.63) is 37.4 Å². The molecule has 0 saturated carbocycles. The molecule has 0 fully saturated rings. The molecule has 0 atom stereocenters. The molecular weight excluding hydrogens is 315 g/mol. The summed E-state index contributed by atoms with van der Waals surface area (Å²) in [5.74, 6) is 0. The van der Waals surface area contributed by atoms with Gasteiger partial charge in [-0.25, -0.2) is 0 Å². The van der Waals surface area contributed by atoms with Crippen LogP contribution in [0.5, 0.6) is 0 Å². The number of nitrogens with zero attached hydrogens (tertiary/aromatic N) is 2. The molecule has 0 bridgehead atoms. The molecule has 1 N–H and O–H groups in total. The molecule has 1 aromatic rings. The molecule has 18 heavy (non-hydrogen) atoms. The van der Waals surface area contributed by atoms with Crippen molar-refractivity contribution in [3.63, 3.8) is 0 Å². The van der Waals surface area contributed by atoms with Gasteiger partial charge in [0.1, 0.15) is 4.90 Å². The predicted molar refractivity (Wildman–Crippen MR) is 61.8 cm³/mol. The fourth-order valence-corrected chi connectivity index (χ4v) is 1.75. The van der Waals surface area contributed by atoms with Crippen molar-refractivity contribution in [1.82, 2.24) is 0 Å². The maximum Gasteiger partial charge on any atom is 0.296 e. The van der Waals surface area contributed by atoms with Gasteiger partial charge in [0.25, 0.3) is 21.5 Å². The lowest BCUT2D eigenvalue weighted by Crippen LogP contribution is -2.02. The number of rotatable bonds is 3. The Morgan fingerprint density at radius 3 is 1.67 bits per heavy atom. The Hall–Kier alpha value is -1.49. The molecule has 0 aliphatic carbocycles. The minimum absolute atomic E-state index is 0. The Balaban J connectivity index is 0.00000289. The van der Waals surface area contributed by atoms with Crippen molar-refractivity contribution >= 4 is 45.5 Å². The number of halogens is 2. The molecule has 0 unspecified atom stereocenters. The van der Waals surface area contributed by atoms with Gasteiger partial charge in [0.15, 0.2) is 5.02 Å². The van der Waals surface area contributed by atoms with Gasteiger partial charge >= 0.3 is 0 Å². The second kappa shape index (κ2) is 5.44. The lowest BCUT2D eigenvalue weighted by molar-refractivity contribution is -0.394. The first-order chi connectivity index (χ1) is 7.64. The van der Waals surface area contributed by atoms with Gasteiger partial charge in [-0.1, -0.05) is 11.6 Å². The van der Waals surface area contributed by atoms with Gasteiger partial charge < -0.3 is 0 Å². The molecule has 0 saturated heterocycles.